The second kappa shape index (κ2) is 11.2. The second-order valence-electron chi connectivity index (χ2n) is 6.62. The lowest BCUT2D eigenvalue weighted by Crippen LogP contribution is -2.25. The van der Waals surface area contributed by atoms with Crippen molar-refractivity contribution in [3.63, 3.8) is 0 Å². The smallest absolute Gasteiger partial charge is 0.318 e. The molecule has 0 heterocycles. The maximum Gasteiger partial charge on any atom is 0.318 e. The summed E-state index contributed by atoms with van der Waals surface area (Å²) in [7, 11) is 3.32. The molecule has 5 heteroatoms. The van der Waals surface area contributed by atoms with Crippen LogP contribution in [0.25, 0.3) is 0 Å². The molecule has 5 nitrogen and oxygen atoms in total. The molecule has 2 amide bonds. The molecular formula is C22H31N3O2. The fourth-order valence-corrected chi connectivity index (χ4v) is 3.14. The number of ether oxygens (including phenoxy) is 1. The highest BCUT2D eigenvalue weighted by Gasteiger charge is 2.11. The van der Waals surface area contributed by atoms with Crippen molar-refractivity contribution < 1.29 is 9.53 Å². The molecule has 3 N–H and O–H groups in total. The summed E-state index contributed by atoms with van der Waals surface area (Å²) in [5, 5.41) is 8.95. The molecule has 0 aromatic heterocycles. The molecular weight excluding hydrogens is 338 g/mol. The molecule has 0 aliphatic carbocycles. The first-order valence-corrected chi connectivity index (χ1v) is 9.58. The van der Waals surface area contributed by atoms with Gasteiger partial charge in [-0.05, 0) is 60.7 Å². The van der Waals surface area contributed by atoms with Crippen molar-refractivity contribution in [3.8, 4) is 5.75 Å². The Morgan fingerprint density at radius 2 is 1.96 bits per heavy atom. The van der Waals surface area contributed by atoms with Crippen LogP contribution in [0.4, 0.5) is 10.5 Å². The van der Waals surface area contributed by atoms with Crippen molar-refractivity contribution in [2.75, 3.05) is 32.6 Å². The second-order valence-corrected chi connectivity index (χ2v) is 6.62. The van der Waals surface area contributed by atoms with E-state index < -0.39 is 0 Å². The topological polar surface area (TPSA) is 62.4 Å². The number of hydrogen-bond donors (Lipinski definition) is 3. The Bertz CT molecular complexity index is 718. The summed E-state index contributed by atoms with van der Waals surface area (Å²) in [5.41, 5.74) is 3.33. The van der Waals surface area contributed by atoms with Crippen LogP contribution in [0.15, 0.2) is 48.5 Å². The zero-order valence-electron chi connectivity index (χ0n) is 16.5. The molecule has 0 radical (unpaired) electrons. The Morgan fingerprint density at radius 1 is 1.15 bits per heavy atom. The first kappa shape index (κ1) is 20.8. The van der Waals surface area contributed by atoms with Crippen LogP contribution in [0.2, 0.25) is 0 Å². The Balaban J connectivity index is 1.86. The van der Waals surface area contributed by atoms with Gasteiger partial charge in [0, 0.05) is 19.3 Å². The maximum absolute atomic E-state index is 11.4. The number of hydrogen-bond acceptors (Lipinski definition) is 3. The lowest BCUT2D eigenvalue weighted by Gasteiger charge is -2.18. The number of nitrogens with one attached hydrogen (secondary N) is 3. The summed E-state index contributed by atoms with van der Waals surface area (Å²) < 4.78 is 5.36. The van der Waals surface area contributed by atoms with Crippen LogP contribution < -0.4 is 20.7 Å². The highest BCUT2D eigenvalue weighted by Crippen LogP contribution is 2.24. The van der Waals surface area contributed by atoms with Gasteiger partial charge in [0.05, 0.1) is 7.11 Å². The van der Waals surface area contributed by atoms with E-state index in [2.05, 4.69) is 47.1 Å². The first-order valence-electron chi connectivity index (χ1n) is 9.58. The zero-order chi connectivity index (χ0) is 19.5. The number of methoxy groups -OCH3 is 1. The summed E-state index contributed by atoms with van der Waals surface area (Å²) in [6.45, 7) is 4.06. The first-order chi connectivity index (χ1) is 13.2. The van der Waals surface area contributed by atoms with E-state index in [0.717, 1.165) is 43.8 Å². The average Bonchev–Trinajstić information content (AvgIpc) is 2.70. The van der Waals surface area contributed by atoms with Gasteiger partial charge in [-0.15, -0.1) is 0 Å². The van der Waals surface area contributed by atoms with Crippen molar-refractivity contribution in [3.05, 3.63) is 59.7 Å². The van der Waals surface area contributed by atoms with Crippen molar-refractivity contribution in [1.82, 2.24) is 10.6 Å². The van der Waals surface area contributed by atoms with Gasteiger partial charge in [0.2, 0.25) is 0 Å². The number of rotatable bonds is 10. The summed E-state index contributed by atoms with van der Waals surface area (Å²) in [6, 6.07) is 16.1. The van der Waals surface area contributed by atoms with Gasteiger partial charge < -0.3 is 20.7 Å². The predicted molar refractivity (Wildman–Crippen MR) is 112 cm³/mol. The normalized spacial score (nSPS) is 11.7. The van der Waals surface area contributed by atoms with E-state index in [-0.39, 0.29) is 6.03 Å². The van der Waals surface area contributed by atoms with Gasteiger partial charge in [-0.1, -0.05) is 37.6 Å². The van der Waals surface area contributed by atoms with Gasteiger partial charge in [0.1, 0.15) is 5.75 Å². The van der Waals surface area contributed by atoms with Gasteiger partial charge in [0.15, 0.2) is 0 Å². The maximum atomic E-state index is 11.4. The number of carbonyl (C=O) groups excluding carboxylic acids is 1. The largest absolute Gasteiger partial charge is 0.497 e. The van der Waals surface area contributed by atoms with Crippen molar-refractivity contribution in [1.29, 1.82) is 0 Å². The molecule has 0 bridgehead atoms. The fraction of sp³-hybridized carbons (Fsp3) is 0.409. The van der Waals surface area contributed by atoms with Crippen LogP contribution in [-0.4, -0.2) is 33.3 Å². The molecule has 1 atom stereocenters. The lowest BCUT2D eigenvalue weighted by atomic mass is 9.94. The van der Waals surface area contributed by atoms with E-state index >= 15 is 0 Å². The molecule has 0 saturated carbocycles. The number of anilines is 1. The van der Waals surface area contributed by atoms with Gasteiger partial charge >= 0.3 is 6.03 Å². The minimum Gasteiger partial charge on any atom is -0.497 e. The number of benzene rings is 2. The van der Waals surface area contributed by atoms with E-state index in [1.165, 1.54) is 11.1 Å². The fourth-order valence-electron chi connectivity index (χ4n) is 3.14. The number of urea groups is 1. The third-order valence-electron chi connectivity index (χ3n) is 4.60. The standard InChI is InChI=1S/C22H31N3O2/c1-4-7-19(18-9-6-11-21(15-18)27-3)16-24-13-12-17-8-5-10-20(14-17)25-22(26)23-2/h5-6,8-11,14-15,19,24H,4,7,12-13,16H2,1-3H3,(H2,23,25,26). The van der Waals surface area contributed by atoms with Crippen LogP contribution in [0.3, 0.4) is 0 Å². The summed E-state index contributed by atoms with van der Waals surface area (Å²) in [4.78, 5) is 11.4. The molecule has 146 valence electrons. The molecule has 2 aromatic rings. The SMILES string of the molecule is CCCC(CNCCc1cccc(NC(=O)NC)c1)c1cccc(OC)c1. The Kier molecular flexibility index (Phi) is 8.65. The summed E-state index contributed by atoms with van der Waals surface area (Å²) in [6.07, 6.45) is 3.21. The van der Waals surface area contributed by atoms with Crippen LogP contribution in [0.1, 0.15) is 36.8 Å². The molecule has 0 saturated heterocycles. The van der Waals surface area contributed by atoms with Gasteiger partial charge in [-0.2, -0.15) is 0 Å². The van der Waals surface area contributed by atoms with E-state index in [9.17, 15) is 4.79 Å². The Labute approximate surface area is 162 Å². The zero-order valence-corrected chi connectivity index (χ0v) is 16.5. The van der Waals surface area contributed by atoms with Gasteiger partial charge in [-0.25, -0.2) is 4.79 Å². The molecule has 2 rings (SSSR count). The molecule has 0 spiro atoms. The highest BCUT2D eigenvalue weighted by molar-refractivity contribution is 5.89. The van der Waals surface area contributed by atoms with E-state index in [1.807, 2.05) is 24.3 Å². The molecule has 0 aliphatic rings. The lowest BCUT2D eigenvalue weighted by molar-refractivity contribution is 0.254. The molecule has 27 heavy (non-hydrogen) atoms. The van der Waals surface area contributed by atoms with Crippen LogP contribution in [0, 0.1) is 0 Å². The summed E-state index contributed by atoms with van der Waals surface area (Å²) >= 11 is 0. The third-order valence-corrected chi connectivity index (χ3v) is 4.60. The van der Waals surface area contributed by atoms with E-state index in [4.69, 9.17) is 4.74 Å². The average molecular weight is 370 g/mol. The highest BCUT2D eigenvalue weighted by atomic mass is 16.5. The monoisotopic (exact) mass is 369 g/mol. The Hall–Kier alpha value is -2.53. The minimum atomic E-state index is -0.203. The number of carbonyl (C=O) groups is 1. The van der Waals surface area contributed by atoms with Crippen LogP contribution in [-0.2, 0) is 6.42 Å². The quantitative estimate of drug-likeness (QED) is 0.551. The molecule has 2 aromatic carbocycles. The van der Waals surface area contributed by atoms with Crippen molar-refractivity contribution in [2.45, 2.75) is 32.1 Å². The van der Waals surface area contributed by atoms with Crippen LogP contribution in [0.5, 0.6) is 5.75 Å². The van der Waals surface area contributed by atoms with Gasteiger partial charge in [0.25, 0.3) is 0 Å². The number of amides is 2. The molecule has 0 fully saturated rings. The Morgan fingerprint density at radius 3 is 2.70 bits per heavy atom. The van der Waals surface area contributed by atoms with Crippen molar-refractivity contribution >= 4 is 11.7 Å². The molecule has 1 unspecified atom stereocenters. The van der Waals surface area contributed by atoms with E-state index in [1.54, 1.807) is 14.2 Å². The van der Waals surface area contributed by atoms with E-state index in [0.29, 0.717) is 5.92 Å². The van der Waals surface area contributed by atoms with Crippen molar-refractivity contribution in [2.24, 2.45) is 0 Å². The predicted octanol–water partition coefficient (Wildman–Crippen LogP) is 4.16. The van der Waals surface area contributed by atoms with Gasteiger partial charge in [-0.3, -0.25) is 0 Å². The molecule has 0 aliphatic heterocycles. The third kappa shape index (κ3) is 6.94. The van der Waals surface area contributed by atoms with Crippen LogP contribution >= 0.6 is 0 Å². The summed E-state index contributed by atoms with van der Waals surface area (Å²) in [5.74, 6) is 1.39. The minimum absolute atomic E-state index is 0.203.